The fraction of sp³-hybridized carbons (Fsp3) is 0.909. The summed E-state index contributed by atoms with van der Waals surface area (Å²) >= 11 is 0. The third kappa shape index (κ3) is 1.32. The predicted octanol–water partition coefficient (Wildman–Crippen LogP) is 1.75. The quantitative estimate of drug-likeness (QED) is 0.669. The number of carbonyl (C=O) groups is 1. The van der Waals surface area contributed by atoms with Crippen LogP contribution in [-0.4, -0.2) is 18.9 Å². The molecule has 1 saturated carbocycles. The largest absolute Gasteiger partial charge is 0.315 e. The molecule has 0 spiro atoms. The van der Waals surface area contributed by atoms with Crippen molar-refractivity contribution < 1.29 is 4.79 Å². The molecule has 2 heteroatoms. The molecule has 0 radical (unpaired) electrons. The minimum Gasteiger partial charge on any atom is -0.315 e. The summed E-state index contributed by atoms with van der Waals surface area (Å²) in [7, 11) is 0. The molecular weight excluding hydrogens is 162 g/mol. The molecule has 13 heavy (non-hydrogen) atoms. The molecule has 1 heterocycles. The van der Waals surface area contributed by atoms with Gasteiger partial charge in [-0.25, -0.2) is 0 Å². The Morgan fingerprint density at radius 3 is 3.00 bits per heavy atom. The van der Waals surface area contributed by atoms with Gasteiger partial charge in [-0.3, -0.25) is 4.79 Å². The van der Waals surface area contributed by atoms with E-state index in [0.29, 0.717) is 11.7 Å². The summed E-state index contributed by atoms with van der Waals surface area (Å²) in [5.74, 6) is 1.20. The summed E-state index contributed by atoms with van der Waals surface area (Å²) in [6.45, 7) is 4.25. The van der Waals surface area contributed by atoms with Gasteiger partial charge in [-0.2, -0.15) is 0 Å². The van der Waals surface area contributed by atoms with E-state index in [4.69, 9.17) is 0 Å². The molecule has 0 bridgehead atoms. The standard InChI is InChI=1S/C11H19NO/c1-2-3-4-5-11-8-12-7-9(11)6-10(11)13/h9,12H,2-8H2,1H3. The molecule has 2 unspecified atom stereocenters. The van der Waals surface area contributed by atoms with Gasteiger partial charge in [0.1, 0.15) is 5.78 Å². The molecule has 1 aliphatic carbocycles. The number of hydrogen-bond donors (Lipinski definition) is 1. The average Bonchev–Trinajstić information content (AvgIpc) is 2.44. The highest BCUT2D eigenvalue weighted by atomic mass is 16.1. The predicted molar refractivity (Wildman–Crippen MR) is 52.6 cm³/mol. The number of Topliss-reactive ketones (excluding diaryl/α,β-unsaturated/α-hetero) is 1. The number of fused-ring (bicyclic) bond motifs is 1. The van der Waals surface area contributed by atoms with Crippen LogP contribution in [0.1, 0.15) is 39.0 Å². The van der Waals surface area contributed by atoms with Crippen LogP contribution in [0.5, 0.6) is 0 Å². The minimum atomic E-state index is 0.0924. The monoisotopic (exact) mass is 181 g/mol. The SMILES string of the molecule is CCCCCC12CNCC1CC2=O. The normalized spacial score (nSPS) is 37.3. The molecule has 1 aliphatic heterocycles. The van der Waals surface area contributed by atoms with Gasteiger partial charge in [0.15, 0.2) is 0 Å². The van der Waals surface area contributed by atoms with Crippen LogP contribution in [0, 0.1) is 11.3 Å². The van der Waals surface area contributed by atoms with Crippen LogP contribution in [0.3, 0.4) is 0 Å². The maximum Gasteiger partial charge on any atom is 0.141 e. The Hall–Kier alpha value is -0.370. The summed E-state index contributed by atoms with van der Waals surface area (Å²) in [6, 6.07) is 0. The number of nitrogens with one attached hydrogen (secondary N) is 1. The number of ketones is 1. The van der Waals surface area contributed by atoms with Crippen molar-refractivity contribution in [2.24, 2.45) is 11.3 Å². The molecule has 2 atom stereocenters. The Morgan fingerprint density at radius 2 is 2.38 bits per heavy atom. The highest BCUT2D eigenvalue weighted by Crippen LogP contribution is 2.49. The zero-order valence-corrected chi connectivity index (χ0v) is 8.44. The van der Waals surface area contributed by atoms with E-state index in [-0.39, 0.29) is 5.41 Å². The van der Waals surface area contributed by atoms with Crippen LogP contribution in [0.2, 0.25) is 0 Å². The minimum absolute atomic E-state index is 0.0924. The first-order valence-corrected chi connectivity index (χ1v) is 5.53. The highest BCUT2D eigenvalue weighted by molar-refractivity contribution is 5.92. The fourth-order valence-electron chi connectivity index (χ4n) is 2.82. The lowest BCUT2D eigenvalue weighted by Crippen LogP contribution is -2.49. The van der Waals surface area contributed by atoms with E-state index in [2.05, 4.69) is 12.2 Å². The first-order valence-electron chi connectivity index (χ1n) is 5.53. The summed E-state index contributed by atoms with van der Waals surface area (Å²) in [4.78, 5) is 11.6. The summed E-state index contributed by atoms with van der Waals surface area (Å²) in [5.41, 5.74) is 0.0924. The lowest BCUT2D eigenvalue weighted by Gasteiger charge is -2.42. The topological polar surface area (TPSA) is 29.1 Å². The van der Waals surface area contributed by atoms with Gasteiger partial charge in [0.2, 0.25) is 0 Å². The van der Waals surface area contributed by atoms with E-state index in [0.717, 1.165) is 25.9 Å². The van der Waals surface area contributed by atoms with Crippen LogP contribution in [0.25, 0.3) is 0 Å². The van der Waals surface area contributed by atoms with Gasteiger partial charge in [0.25, 0.3) is 0 Å². The van der Waals surface area contributed by atoms with Crippen LogP contribution < -0.4 is 5.32 Å². The summed E-state index contributed by atoms with van der Waals surface area (Å²) in [5, 5.41) is 3.36. The van der Waals surface area contributed by atoms with Gasteiger partial charge in [-0.15, -0.1) is 0 Å². The molecule has 0 aromatic heterocycles. The Kier molecular flexibility index (Phi) is 2.41. The van der Waals surface area contributed by atoms with Crippen molar-refractivity contribution in [2.75, 3.05) is 13.1 Å². The number of unbranched alkanes of at least 4 members (excludes halogenated alkanes) is 2. The second-order valence-electron chi connectivity index (χ2n) is 4.57. The number of hydrogen-bond acceptors (Lipinski definition) is 2. The Labute approximate surface area is 80.1 Å². The first-order chi connectivity index (χ1) is 6.29. The summed E-state index contributed by atoms with van der Waals surface area (Å²) in [6.07, 6.45) is 5.75. The number of rotatable bonds is 4. The highest BCUT2D eigenvalue weighted by Gasteiger charge is 2.56. The van der Waals surface area contributed by atoms with E-state index in [1.807, 2.05) is 0 Å². The Morgan fingerprint density at radius 1 is 1.54 bits per heavy atom. The lowest BCUT2D eigenvalue weighted by atomic mass is 9.59. The Balaban J connectivity index is 1.90. The molecule has 2 nitrogen and oxygen atoms in total. The zero-order valence-electron chi connectivity index (χ0n) is 8.44. The zero-order chi connectivity index (χ0) is 9.31. The van der Waals surface area contributed by atoms with Crippen molar-refractivity contribution in [2.45, 2.75) is 39.0 Å². The van der Waals surface area contributed by atoms with Crippen LogP contribution >= 0.6 is 0 Å². The smallest absolute Gasteiger partial charge is 0.141 e. The fourth-order valence-corrected chi connectivity index (χ4v) is 2.82. The van der Waals surface area contributed by atoms with E-state index in [9.17, 15) is 4.79 Å². The van der Waals surface area contributed by atoms with E-state index in [1.54, 1.807) is 0 Å². The second-order valence-corrected chi connectivity index (χ2v) is 4.57. The van der Waals surface area contributed by atoms with Gasteiger partial charge >= 0.3 is 0 Å². The maximum absolute atomic E-state index is 11.6. The van der Waals surface area contributed by atoms with Crippen LogP contribution in [0.4, 0.5) is 0 Å². The number of carbonyl (C=O) groups excluding carboxylic acids is 1. The van der Waals surface area contributed by atoms with Gasteiger partial charge in [-0.05, 0) is 18.9 Å². The Bertz CT molecular complexity index is 214. The van der Waals surface area contributed by atoms with E-state index in [1.165, 1.54) is 19.3 Å². The van der Waals surface area contributed by atoms with E-state index >= 15 is 0 Å². The lowest BCUT2D eigenvalue weighted by molar-refractivity contribution is -0.142. The van der Waals surface area contributed by atoms with Crippen molar-refractivity contribution in [3.8, 4) is 0 Å². The average molecular weight is 181 g/mol. The van der Waals surface area contributed by atoms with Crippen LogP contribution in [0.15, 0.2) is 0 Å². The second kappa shape index (κ2) is 3.41. The van der Waals surface area contributed by atoms with Gasteiger partial charge in [0, 0.05) is 18.4 Å². The van der Waals surface area contributed by atoms with Crippen molar-refractivity contribution in [3.05, 3.63) is 0 Å². The molecule has 74 valence electrons. The first kappa shape index (κ1) is 9.20. The molecule has 2 aliphatic rings. The maximum atomic E-state index is 11.6. The van der Waals surface area contributed by atoms with Crippen molar-refractivity contribution in [1.82, 2.24) is 5.32 Å². The molecule has 0 aromatic rings. The van der Waals surface area contributed by atoms with Gasteiger partial charge in [-0.1, -0.05) is 26.2 Å². The van der Waals surface area contributed by atoms with Crippen molar-refractivity contribution in [3.63, 3.8) is 0 Å². The van der Waals surface area contributed by atoms with Crippen molar-refractivity contribution >= 4 is 5.78 Å². The van der Waals surface area contributed by atoms with Crippen molar-refractivity contribution in [1.29, 1.82) is 0 Å². The van der Waals surface area contributed by atoms with Crippen LogP contribution in [-0.2, 0) is 4.79 Å². The molecule has 1 saturated heterocycles. The third-order valence-corrected chi connectivity index (χ3v) is 3.83. The van der Waals surface area contributed by atoms with Gasteiger partial charge in [0.05, 0.1) is 0 Å². The molecule has 0 amide bonds. The molecular formula is C11H19NO. The summed E-state index contributed by atoms with van der Waals surface area (Å²) < 4.78 is 0. The van der Waals surface area contributed by atoms with Gasteiger partial charge < -0.3 is 5.32 Å². The molecule has 0 aromatic carbocycles. The third-order valence-electron chi connectivity index (χ3n) is 3.83. The molecule has 2 fully saturated rings. The van der Waals surface area contributed by atoms with E-state index < -0.39 is 0 Å². The molecule has 2 rings (SSSR count). The molecule has 1 N–H and O–H groups in total.